The molecule has 0 radical (unpaired) electrons. The molecular weight excluding hydrogens is 112 g/mol. The molecule has 2 nitrogen and oxygen atoms in total. The summed E-state index contributed by atoms with van der Waals surface area (Å²) in [5.74, 6) is 0.900. The zero-order chi connectivity index (χ0) is 6.32. The summed E-state index contributed by atoms with van der Waals surface area (Å²) in [7, 11) is 0. The predicted molar refractivity (Wildman–Crippen MR) is 37.4 cm³/mol. The van der Waals surface area contributed by atoms with Crippen LogP contribution in [-0.4, -0.2) is 25.2 Å². The number of nitrogens with one attached hydrogen (secondary N) is 2. The van der Waals surface area contributed by atoms with Crippen molar-refractivity contribution >= 4 is 0 Å². The Morgan fingerprint density at radius 1 is 1.56 bits per heavy atom. The molecule has 2 fully saturated rings. The molecule has 9 heavy (non-hydrogen) atoms. The Morgan fingerprint density at radius 3 is 3.22 bits per heavy atom. The van der Waals surface area contributed by atoms with Gasteiger partial charge in [0.15, 0.2) is 0 Å². The van der Waals surface area contributed by atoms with E-state index in [9.17, 15) is 0 Å². The van der Waals surface area contributed by atoms with Crippen molar-refractivity contribution in [3.8, 4) is 0 Å². The SMILES string of the molecule is C[C@@]12CNCC1CCN2. The fourth-order valence-electron chi connectivity index (χ4n) is 2.04. The van der Waals surface area contributed by atoms with Gasteiger partial charge in [-0.3, -0.25) is 0 Å². The van der Waals surface area contributed by atoms with E-state index in [0.29, 0.717) is 5.54 Å². The van der Waals surface area contributed by atoms with E-state index >= 15 is 0 Å². The van der Waals surface area contributed by atoms with E-state index in [-0.39, 0.29) is 0 Å². The minimum Gasteiger partial charge on any atom is -0.315 e. The third-order valence-corrected chi connectivity index (χ3v) is 2.81. The van der Waals surface area contributed by atoms with Crippen LogP contribution in [0.2, 0.25) is 0 Å². The van der Waals surface area contributed by atoms with Gasteiger partial charge in [-0.25, -0.2) is 0 Å². The lowest BCUT2D eigenvalue weighted by molar-refractivity contribution is 0.385. The second-order valence-electron chi connectivity index (χ2n) is 3.46. The molecule has 2 aliphatic heterocycles. The van der Waals surface area contributed by atoms with Crippen molar-refractivity contribution in [1.29, 1.82) is 0 Å². The molecule has 2 atom stereocenters. The maximum atomic E-state index is 3.53. The molecule has 1 unspecified atom stereocenters. The first-order valence-corrected chi connectivity index (χ1v) is 3.77. The molecule has 2 heterocycles. The van der Waals surface area contributed by atoms with Crippen LogP contribution in [-0.2, 0) is 0 Å². The van der Waals surface area contributed by atoms with Crippen LogP contribution in [0.4, 0.5) is 0 Å². The van der Waals surface area contributed by atoms with Crippen molar-refractivity contribution in [3.05, 3.63) is 0 Å². The van der Waals surface area contributed by atoms with Gasteiger partial charge in [0.1, 0.15) is 0 Å². The minimum absolute atomic E-state index is 0.444. The van der Waals surface area contributed by atoms with Crippen LogP contribution < -0.4 is 10.6 Å². The van der Waals surface area contributed by atoms with Crippen LogP contribution in [0.3, 0.4) is 0 Å². The summed E-state index contributed by atoms with van der Waals surface area (Å²) in [6, 6.07) is 0. The molecule has 2 heteroatoms. The lowest BCUT2D eigenvalue weighted by Gasteiger charge is -2.22. The summed E-state index contributed by atoms with van der Waals surface area (Å²) in [4.78, 5) is 0. The van der Waals surface area contributed by atoms with Gasteiger partial charge in [-0.1, -0.05) is 0 Å². The molecule has 0 saturated carbocycles. The van der Waals surface area contributed by atoms with E-state index in [4.69, 9.17) is 0 Å². The highest BCUT2D eigenvalue weighted by molar-refractivity contribution is 5.02. The zero-order valence-electron chi connectivity index (χ0n) is 5.91. The van der Waals surface area contributed by atoms with Crippen molar-refractivity contribution in [2.45, 2.75) is 18.9 Å². The number of hydrogen-bond acceptors (Lipinski definition) is 2. The van der Waals surface area contributed by atoms with Gasteiger partial charge in [0.05, 0.1) is 0 Å². The Hall–Kier alpha value is -0.0800. The van der Waals surface area contributed by atoms with Crippen molar-refractivity contribution in [2.24, 2.45) is 5.92 Å². The molecule has 2 aliphatic rings. The lowest BCUT2D eigenvalue weighted by atomic mass is 9.91. The van der Waals surface area contributed by atoms with Crippen LogP contribution >= 0.6 is 0 Å². The van der Waals surface area contributed by atoms with Gasteiger partial charge in [-0.15, -0.1) is 0 Å². The molecule has 2 saturated heterocycles. The van der Waals surface area contributed by atoms with E-state index in [1.807, 2.05) is 0 Å². The van der Waals surface area contributed by atoms with Gasteiger partial charge in [-0.2, -0.15) is 0 Å². The highest BCUT2D eigenvalue weighted by Crippen LogP contribution is 2.28. The second-order valence-corrected chi connectivity index (χ2v) is 3.46. The predicted octanol–water partition coefficient (Wildman–Crippen LogP) is -0.0422. The largest absolute Gasteiger partial charge is 0.315 e. The van der Waals surface area contributed by atoms with Crippen molar-refractivity contribution in [3.63, 3.8) is 0 Å². The number of rotatable bonds is 0. The quantitative estimate of drug-likeness (QED) is 0.476. The van der Waals surface area contributed by atoms with Gasteiger partial charge >= 0.3 is 0 Å². The zero-order valence-corrected chi connectivity index (χ0v) is 5.91. The Kier molecular flexibility index (Phi) is 1.08. The molecule has 0 aromatic carbocycles. The Labute approximate surface area is 56.0 Å². The lowest BCUT2D eigenvalue weighted by Crippen LogP contribution is -2.42. The smallest absolute Gasteiger partial charge is 0.0318 e. The molecule has 2 N–H and O–H groups in total. The molecular formula is C7H14N2. The van der Waals surface area contributed by atoms with Gasteiger partial charge < -0.3 is 10.6 Å². The summed E-state index contributed by atoms with van der Waals surface area (Å²) in [6.45, 7) is 5.94. The van der Waals surface area contributed by atoms with Crippen molar-refractivity contribution in [1.82, 2.24) is 10.6 Å². The number of fused-ring (bicyclic) bond motifs is 1. The third-order valence-electron chi connectivity index (χ3n) is 2.81. The first-order chi connectivity index (χ1) is 4.31. The summed E-state index contributed by atoms with van der Waals surface area (Å²) in [5.41, 5.74) is 0.444. The van der Waals surface area contributed by atoms with Crippen LogP contribution in [0, 0.1) is 5.92 Å². The number of hydrogen-bond donors (Lipinski definition) is 2. The maximum Gasteiger partial charge on any atom is 0.0318 e. The van der Waals surface area contributed by atoms with Crippen LogP contribution in [0.25, 0.3) is 0 Å². The topological polar surface area (TPSA) is 24.1 Å². The van der Waals surface area contributed by atoms with Crippen molar-refractivity contribution < 1.29 is 0 Å². The van der Waals surface area contributed by atoms with E-state index in [1.165, 1.54) is 19.5 Å². The fraction of sp³-hybridized carbons (Fsp3) is 1.00. The molecule has 0 bridgehead atoms. The molecule has 2 rings (SSSR count). The summed E-state index contributed by atoms with van der Waals surface area (Å²) >= 11 is 0. The normalized spacial score (nSPS) is 49.7. The van der Waals surface area contributed by atoms with E-state index in [0.717, 1.165) is 12.5 Å². The van der Waals surface area contributed by atoms with Crippen LogP contribution in [0.1, 0.15) is 13.3 Å². The average Bonchev–Trinajstić information content (AvgIpc) is 2.22. The Morgan fingerprint density at radius 2 is 2.44 bits per heavy atom. The molecule has 0 aromatic heterocycles. The average molecular weight is 126 g/mol. The fourth-order valence-corrected chi connectivity index (χ4v) is 2.04. The van der Waals surface area contributed by atoms with Gasteiger partial charge in [-0.05, 0) is 32.4 Å². The molecule has 0 amide bonds. The van der Waals surface area contributed by atoms with Gasteiger partial charge in [0.2, 0.25) is 0 Å². The first kappa shape index (κ1) is 5.69. The summed E-state index contributed by atoms with van der Waals surface area (Å²) in [5, 5.41) is 6.93. The molecule has 52 valence electrons. The standard InChI is InChI=1S/C7H14N2/c1-7-5-8-4-6(7)2-3-9-7/h6,8-9H,2-5H2,1H3/t6?,7-/m1/s1. The van der Waals surface area contributed by atoms with Crippen LogP contribution in [0.5, 0.6) is 0 Å². The maximum absolute atomic E-state index is 3.53. The monoisotopic (exact) mass is 126 g/mol. The summed E-state index contributed by atoms with van der Waals surface area (Å²) in [6.07, 6.45) is 1.36. The highest BCUT2D eigenvalue weighted by Gasteiger charge is 2.41. The molecule has 0 spiro atoms. The van der Waals surface area contributed by atoms with Gasteiger partial charge in [0.25, 0.3) is 0 Å². The van der Waals surface area contributed by atoms with E-state index in [2.05, 4.69) is 17.6 Å². The third kappa shape index (κ3) is 0.700. The molecule has 0 aromatic rings. The van der Waals surface area contributed by atoms with E-state index < -0.39 is 0 Å². The summed E-state index contributed by atoms with van der Waals surface area (Å²) < 4.78 is 0. The second kappa shape index (κ2) is 1.70. The molecule has 0 aliphatic carbocycles. The highest BCUT2D eigenvalue weighted by atomic mass is 15.1. The van der Waals surface area contributed by atoms with E-state index in [1.54, 1.807) is 0 Å². The Balaban J connectivity index is 2.17. The Bertz CT molecular complexity index is 112. The van der Waals surface area contributed by atoms with Crippen LogP contribution in [0.15, 0.2) is 0 Å². The van der Waals surface area contributed by atoms with Gasteiger partial charge in [0, 0.05) is 12.1 Å². The van der Waals surface area contributed by atoms with Crippen molar-refractivity contribution in [2.75, 3.05) is 19.6 Å². The first-order valence-electron chi connectivity index (χ1n) is 3.77. The minimum atomic E-state index is 0.444.